The van der Waals surface area contributed by atoms with Crippen molar-refractivity contribution in [1.82, 2.24) is 4.90 Å². The van der Waals surface area contributed by atoms with Crippen LogP contribution in [0.3, 0.4) is 0 Å². The summed E-state index contributed by atoms with van der Waals surface area (Å²) in [7, 11) is 0. The fourth-order valence-corrected chi connectivity index (χ4v) is 3.07. The highest BCUT2D eigenvalue weighted by Crippen LogP contribution is 2.31. The van der Waals surface area contributed by atoms with Gasteiger partial charge in [0.25, 0.3) is 0 Å². The van der Waals surface area contributed by atoms with Gasteiger partial charge in [-0.15, -0.1) is 0 Å². The van der Waals surface area contributed by atoms with Gasteiger partial charge in [0, 0.05) is 25.2 Å². The molecule has 2 unspecified atom stereocenters. The smallest absolute Gasteiger partial charge is 0.00793 e. The first-order chi connectivity index (χ1) is 8.16. The average Bonchev–Trinajstić information content (AvgIpc) is 3.08. The summed E-state index contributed by atoms with van der Waals surface area (Å²) in [5, 5.41) is 0. The molecule has 2 nitrogen and oxygen atoms in total. The minimum Gasteiger partial charge on any atom is -0.327 e. The van der Waals surface area contributed by atoms with E-state index >= 15 is 0 Å². The second-order valence-corrected chi connectivity index (χ2v) is 6.55. The molecule has 2 aliphatic carbocycles. The summed E-state index contributed by atoms with van der Waals surface area (Å²) in [5.41, 5.74) is 6.35. The molecule has 0 heterocycles. The minimum atomic E-state index is 0.456. The van der Waals surface area contributed by atoms with Gasteiger partial charge in [-0.2, -0.15) is 0 Å². The highest BCUT2D eigenvalue weighted by Gasteiger charge is 2.28. The Balaban J connectivity index is 1.85. The van der Waals surface area contributed by atoms with Gasteiger partial charge in [-0.1, -0.05) is 19.3 Å². The molecule has 0 aliphatic heterocycles. The Labute approximate surface area is 107 Å². The molecule has 100 valence electrons. The molecule has 2 saturated carbocycles. The molecule has 0 aromatic rings. The van der Waals surface area contributed by atoms with Crippen LogP contribution < -0.4 is 5.73 Å². The van der Waals surface area contributed by atoms with E-state index in [4.69, 9.17) is 5.73 Å². The van der Waals surface area contributed by atoms with Gasteiger partial charge in [-0.3, -0.25) is 0 Å². The van der Waals surface area contributed by atoms with Crippen LogP contribution in [-0.4, -0.2) is 30.1 Å². The molecule has 0 radical (unpaired) electrons. The van der Waals surface area contributed by atoms with Gasteiger partial charge in [0.2, 0.25) is 0 Å². The molecular formula is C15H30N2. The van der Waals surface area contributed by atoms with Crippen molar-refractivity contribution in [3.8, 4) is 0 Å². The third-order valence-electron chi connectivity index (χ3n) is 4.61. The quantitative estimate of drug-likeness (QED) is 0.746. The van der Waals surface area contributed by atoms with Crippen molar-refractivity contribution in [3.05, 3.63) is 0 Å². The Morgan fingerprint density at radius 2 is 1.71 bits per heavy atom. The number of hydrogen-bond donors (Lipinski definition) is 1. The topological polar surface area (TPSA) is 29.3 Å². The third-order valence-corrected chi connectivity index (χ3v) is 4.61. The maximum atomic E-state index is 6.35. The van der Waals surface area contributed by atoms with Crippen molar-refractivity contribution in [2.45, 2.75) is 70.9 Å². The van der Waals surface area contributed by atoms with Crippen molar-refractivity contribution in [1.29, 1.82) is 0 Å². The van der Waals surface area contributed by atoms with E-state index in [-0.39, 0.29) is 0 Å². The second kappa shape index (κ2) is 6.19. The average molecular weight is 238 g/mol. The molecular weight excluding hydrogens is 208 g/mol. The maximum absolute atomic E-state index is 6.35. The first-order valence-electron chi connectivity index (χ1n) is 7.66. The molecule has 0 aromatic carbocycles. The van der Waals surface area contributed by atoms with E-state index in [0.717, 1.165) is 11.8 Å². The van der Waals surface area contributed by atoms with E-state index in [1.807, 2.05) is 0 Å². The van der Waals surface area contributed by atoms with Crippen molar-refractivity contribution >= 4 is 0 Å². The molecule has 2 aliphatic rings. The molecule has 17 heavy (non-hydrogen) atoms. The zero-order chi connectivity index (χ0) is 12.3. The molecule has 2 fully saturated rings. The Morgan fingerprint density at radius 3 is 2.35 bits per heavy atom. The van der Waals surface area contributed by atoms with Crippen molar-refractivity contribution < 1.29 is 0 Å². The van der Waals surface area contributed by atoms with Crippen LogP contribution in [0.2, 0.25) is 0 Å². The van der Waals surface area contributed by atoms with Crippen LogP contribution >= 0.6 is 0 Å². The summed E-state index contributed by atoms with van der Waals surface area (Å²) < 4.78 is 0. The van der Waals surface area contributed by atoms with E-state index in [2.05, 4.69) is 18.7 Å². The molecule has 0 amide bonds. The van der Waals surface area contributed by atoms with Crippen LogP contribution in [0.15, 0.2) is 0 Å². The molecule has 2 atom stereocenters. The summed E-state index contributed by atoms with van der Waals surface area (Å²) in [4.78, 5) is 2.69. The third kappa shape index (κ3) is 4.26. The van der Waals surface area contributed by atoms with Gasteiger partial charge in [0.1, 0.15) is 0 Å². The Bertz CT molecular complexity index is 223. The van der Waals surface area contributed by atoms with Crippen LogP contribution in [0.5, 0.6) is 0 Å². The number of nitrogens with two attached hydrogens (primary N) is 1. The Kier molecular flexibility index (Phi) is 4.87. The number of rotatable bonds is 5. The lowest BCUT2D eigenvalue weighted by Gasteiger charge is -2.32. The van der Waals surface area contributed by atoms with Gasteiger partial charge in [-0.25, -0.2) is 0 Å². The van der Waals surface area contributed by atoms with E-state index in [1.165, 1.54) is 58.0 Å². The highest BCUT2D eigenvalue weighted by atomic mass is 15.2. The zero-order valence-electron chi connectivity index (χ0n) is 11.7. The van der Waals surface area contributed by atoms with Gasteiger partial charge >= 0.3 is 0 Å². The van der Waals surface area contributed by atoms with E-state index in [9.17, 15) is 0 Å². The first kappa shape index (κ1) is 13.4. The molecule has 0 saturated heterocycles. The first-order valence-corrected chi connectivity index (χ1v) is 7.66. The lowest BCUT2D eigenvalue weighted by molar-refractivity contribution is 0.163. The minimum absolute atomic E-state index is 0.456. The van der Waals surface area contributed by atoms with Crippen molar-refractivity contribution in [3.63, 3.8) is 0 Å². The van der Waals surface area contributed by atoms with Crippen molar-refractivity contribution in [2.24, 2.45) is 17.6 Å². The van der Waals surface area contributed by atoms with E-state index < -0.39 is 0 Å². The van der Waals surface area contributed by atoms with Gasteiger partial charge < -0.3 is 10.6 Å². The summed E-state index contributed by atoms with van der Waals surface area (Å²) >= 11 is 0. The fourth-order valence-electron chi connectivity index (χ4n) is 3.07. The monoisotopic (exact) mass is 238 g/mol. The molecule has 2 heteroatoms. The van der Waals surface area contributed by atoms with Crippen LogP contribution in [0, 0.1) is 11.8 Å². The van der Waals surface area contributed by atoms with Crippen LogP contribution in [0.25, 0.3) is 0 Å². The lowest BCUT2D eigenvalue weighted by atomic mass is 9.94. The van der Waals surface area contributed by atoms with Gasteiger partial charge in [0.15, 0.2) is 0 Å². The largest absolute Gasteiger partial charge is 0.327 e. The highest BCUT2D eigenvalue weighted by molar-refractivity contribution is 4.84. The zero-order valence-corrected chi connectivity index (χ0v) is 11.7. The van der Waals surface area contributed by atoms with Crippen LogP contribution in [-0.2, 0) is 0 Å². The summed E-state index contributed by atoms with van der Waals surface area (Å²) in [6.07, 6.45) is 9.67. The molecule has 0 aromatic heterocycles. The molecule has 0 spiro atoms. The van der Waals surface area contributed by atoms with Gasteiger partial charge in [-0.05, 0) is 51.4 Å². The fraction of sp³-hybridized carbons (Fsp3) is 1.00. The second-order valence-electron chi connectivity index (χ2n) is 6.55. The van der Waals surface area contributed by atoms with E-state index in [0.29, 0.717) is 12.1 Å². The molecule has 2 rings (SSSR count). The summed E-state index contributed by atoms with van der Waals surface area (Å²) in [6.45, 7) is 7.24. The molecule has 2 N–H and O–H groups in total. The van der Waals surface area contributed by atoms with Crippen LogP contribution in [0.1, 0.15) is 58.8 Å². The Morgan fingerprint density at radius 1 is 1.00 bits per heavy atom. The maximum Gasteiger partial charge on any atom is 0.00793 e. The lowest BCUT2D eigenvalue weighted by Crippen LogP contribution is -2.42. The molecule has 0 bridgehead atoms. The predicted octanol–water partition coefficient (Wildman–Crippen LogP) is 3.01. The number of hydrogen-bond acceptors (Lipinski definition) is 2. The van der Waals surface area contributed by atoms with Crippen molar-refractivity contribution in [2.75, 3.05) is 13.1 Å². The normalized spacial score (nSPS) is 30.9. The SMILES string of the molecule is CC(C)N(CC1CC1)CC1CCCCCC1N. The standard InChI is InChI=1S/C15H30N2/c1-12(2)17(10-13-8-9-13)11-14-6-4-3-5-7-15(14)16/h12-15H,3-11,16H2,1-2H3. The summed E-state index contributed by atoms with van der Waals surface area (Å²) in [5.74, 6) is 1.75. The summed E-state index contributed by atoms with van der Waals surface area (Å²) in [6, 6.07) is 1.14. The van der Waals surface area contributed by atoms with Gasteiger partial charge in [0.05, 0.1) is 0 Å². The van der Waals surface area contributed by atoms with E-state index in [1.54, 1.807) is 0 Å². The Hall–Kier alpha value is -0.0800. The predicted molar refractivity (Wildman–Crippen MR) is 74.0 cm³/mol. The van der Waals surface area contributed by atoms with Crippen LogP contribution in [0.4, 0.5) is 0 Å². The number of nitrogens with zero attached hydrogens (tertiary/aromatic N) is 1.